The van der Waals surface area contributed by atoms with E-state index in [1.807, 2.05) is 61.2 Å². The van der Waals surface area contributed by atoms with Crippen LogP contribution in [0, 0.1) is 6.92 Å². The molecule has 0 atom stereocenters. The number of pyridine rings is 2. The van der Waals surface area contributed by atoms with Gasteiger partial charge in [0, 0.05) is 43.6 Å². The molecule has 9 heteroatoms. The minimum absolute atomic E-state index is 0.680. The van der Waals surface area contributed by atoms with Crippen LogP contribution >= 0.6 is 0 Å². The van der Waals surface area contributed by atoms with Gasteiger partial charge < -0.3 is 9.88 Å². The van der Waals surface area contributed by atoms with E-state index in [1.165, 1.54) is 0 Å². The van der Waals surface area contributed by atoms with Crippen molar-refractivity contribution in [1.82, 2.24) is 39.7 Å². The van der Waals surface area contributed by atoms with Crippen molar-refractivity contribution in [3.8, 4) is 28.5 Å². The lowest BCUT2D eigenvalue weighted by molar-refractivity contribution is 1.00. The van der Waals surface area contributed by atoms with Gasteiger partial charge in [0.1, 0.15) is 17.5 Å². The van der Waals surface area contributed by atoms with E-state index < -0.39 is 0 Å². The first-order valence-electron chi connectivity index (χ1n) is 10.5. The Labute approximate surface area is 189 Å². The van der Waals surface area contributed by atoms with E-state index >= 15 is 0 Å². The van der Waals surface area contributed by atoms with Crippen LogP contribution in [0.4, 0.5) is 5.69 Å². The smallest absolute Gasteiger partial charge is 0.166 e. The number of hydrogen-bond acceptors (Lipinski definition) is 6. The molecular weight excluding hydrogens is 414 g/mol. The lowest BCUT2D eigenvalue weighted by atomic mass is 10.0. The summed E-state index contributed by atoms with van der Waals surface area (Å²) >= 11 is 0. The minimum atomic E-state index is 0.680. The molecule has 0 unspecified atom stereocenters. The average Bonchev–Trinajstić information content (AvgIpc) is 3.55. The van der Waals surface area contributed by atoms with Gasteiger partial charge in [0.25, 0.3) is 0 Å². The van der Waals surface area contributed by atoms with E-state index in [-0.39, 0.29) is 0 Å². The number of benzene rings is 1. The molecule has 2 N–H and O–H groups in total. The normalized spacial score (nSPS) is 11.5. The maximum atomic E-state index is 4.86. The van der Waals surface area contributed by atoms with Crippen LogP contribution in [0.1, 0.15) is 5.69 Å². The Bertz CT molecular complexity index is 1620. The number of rotatable bonds is 4. The summed E-state index contributed by atoms with van der Waals surface area (Å²) in [7, 11) is 4.02. The molecule has 0 aliphatic heterocycles. The standard InChI is InChI=1S/C24H21N9/c1-14-12-33(13-27-14)24-22-20(6-7-26-24)28-23(29-22)21-18-9-15(4-5-19(18)30-31-21)16-8-17(32(2)3)11-25-10-16/h4-13H,1-3H3,(H,28,29)(H,30,31). The van der Waals surface area contributed by atoms with Gasteiger partial charge in [-0.2, -0.15) is 5.10 Å². The highest BCUT2D eigenvalue weighted by molar-refractivity contribution is 5.96. The number of aryl methyl sites for hydroxylation is 1. The van der Waals surface area contributed by atoms with Gasteiger partial charge in [-0.05, 0) is 36.8 Å². The van der Waals surface area contributed by atoms with Crippen molar-refractivity contribution in [2.24, 2.45) is 0 Å². The first-order valence-corrected chi connectivity index (χ1v) is 10.5. The molecule has 0 saturated carbocycles. The third-order valence-corrected chi connectivity index (χ3v) is 5.70. The van der Waals surface area contributed by atoms with Crippen molar-refractivity contribution < 1.29 is 0 Å². The van der Waals surface area contributed by atoms with E-state index in [2.05, 4.69) is 48.3 Å². The zero-order chi connectivity index (χ0) is 22.5. The molecule has 0 aliphatic carbocycles. The molecular formula is C24H21N9. The molecule has 9 nitrogen and oxygen atoms in total. The topological polar surface area (TPSA) is 104 Å². The number of aromatic nitrogens is 8. The van der Waals surface area contributed by atoms with Crippen molar-refractivity contribution in [2.75, 3.05) is 19.0 Å². The number of nitrogens with one attached hydrogen (secondary N) is 2. The van der Waals surface area contributed by atoms with Crippen LogP contribution in [0.15, 0.2) is 61.4 Å². The molecule has 0 saturated heterocycles. The lowest BCUT2D eigenvalue weighted by Gasteiger charge is -2.13. The van der Waals surface area contributed by atoms with E-state index in [0.29, 0.717) is 5.82 Å². The van der Waals surface area contributed by atoms with Crippen molar-refractivity contribution >= 4 is 27.6 Å². The Kier molecular flexibility index (Phi) is 4.22. The highest BCUT2D eigenvalue weighted by Crippen LogP contribution is 2.31. The summed E-state index contributed by atoms with van der Waals surface area (Å²) in [6.45, 7) is 1.95. The van der Waals surface area contributed by atoms with Crippen LogP contribution in [0.5, 0.6) is 0 Å². The summed E-state index contributed by atoms with van der Waals surface area (Å²) in [6, 6.07) is 10.3. The second-order valence-corrected chi connectivity index (χ2v) is 8.20. The van der Waals surface area contributed by atoms with Gasteiger partial charge in [0.05, 0.1) is 28.6 Å². The van der Waals surface area contributed by atoms with Crippen molar-refractivity contribution in [1.29, 1.82) is 0 Å². The Hall–Kier alpha value is -4.53. The summed E-state index contributed by atoms with van der Waals surface area (Å²) in [5.41, 5.74) is 7.42. The van der Waals surface area contributed by atoms with Gasteiger partial charge in [-0.3, -0.25) is 14.6 Å². The first-order chi connectivity index (χ1) is 16.1. The molecule has 0 radical (unpaired) electrons. The Morgan fingerprint density at radius 3 is 2.70 bits per heavy atom. The summed E-state index contributed by atoms with van der Waals surface area (Å²) in [5.74, 6) is 1.40. The second kappa shape index (κ2) is 7.27. The number of aromatic amines is 2. The average molecular weight is 435 g/mol. The molecule has 0 fully saturated rings. The molecule has 0 amide bonds. The molecule has 0 aliphatic rings. The Balaban J connectivity index is 1.48. The Morgan fingerprint density at radius 2 is 1.88 bits per heavy atom. The van der Waals surface area contributed by atoms with Crippen LogP contribution in [-0.2, 0) is 0 Å². The predicted octanol–water partition coefficient (Wildman–Crippen LogP) is 4.12. The number of imidazole rings is 2. The quantitative estimate of drug-likeness (QED) is 0.432. The van der Waals surface area contributed by atoms with Gasteiger partial charge in [0.2, 0.25) is 0 Å². The molecule has 162 valence electrons. The number of H-pyrrole nitrogens is 2. The zero-order valence-electron chi connectivity index (χ0n) is 18.4. The number of hydrogen-bond donors (Lipinski definition) is 2. The Morgan fingerprint density at radius 1 is 0.970 bits per heavy atom. The van der Waals surface area contributed by atoms with Crippen LogP contribution < -0.4 is 4.90 Å². The maximum absolute atomic E-state index is 4.86. The SMILES string of the molecule is Cc1cn(-c2nccc3[nH]c(-c4n[nH]c5ccc(-c6cncc(N(C)C)c6)cc45)nc23)cn1. The molecule has 6 rings (SSSR count). The fourth-order valence-corrected chi connectivity index (χ4v) is 3.96. The first kappa shape index (κ1) is 19.2. The highest BCUT2D eigenvalue weighted by atomic mass is 15.2. The maximum Gasteiger partial charge on any atom is 0.166 e. The highest BCUT2D eigenvalue weighted by Gasteiger charge is 2.16. The van der Waals surface area contributed by atoms with Crippen LogP contribution in [-0.4, -0.2) is 53.8 Å². The van der Waals surface area contributed by atoms with E-state index in [9.17, 15) is 0 Å². The monoisotopic (exact) mass is 435 g/mol. The molecule has 5 aromatic heterocycles. The lowest BCUT2D eigenvalue weighted by Crippen LogP contribution is -2.08. The summed E-state index contributed by atoms with van der Waals surface area (Å²) in [6.07, 6.45) is 9.17. The van der Waals surface area contributed by atoms with Crippen molar-refractivity contribution in [3.63, 3.8) is 0 Å². The number of nitrogens with zero attached hydrogens (tertiary/aromatic N) is 7. The fourth-order valence-electron chi connectivity index (χ4n) is 3.96. The number of fused-ring (bicyclic) bond motifs is 2. The third-order valence-electron chi connectivity index (χ3n) is 5.70. The largest absolute Gasteiger partial charge is 0.376 e. The molecule has 0 bridgehead atoms. The van der Waals surface area contributed by atoms with Gasteiger partial charge in [0.15, 0.2) is 11.6 Å². The van der Waals surface area contributed by atoms with Crippen molar-refractivity contribution in [3.05, 3.63) is 67.1 Å². The summed E-state index contributed by atoms with van der Waals surface area (Å²) < 4.78 is 1.88. The molecule has 5 heterocycles. The van der Waals surface area contributed by atoms with Crippen molar-refractivity contribution in [2.45, 2.75) is 6.92 Å². The van der Waals surface area contributed by atoms with E-state index in [4.69, 9.17) is 4.98 Å². The summed E-state index contributed by atoms with van der Waals surface area (Å²) in [4.78, 5) is 23.5. The molecule has 0 spiro atoms. The third kappa shape index (κ3) is 3.21. The zero-order valence-corrected chi connectivity index (χ0v) is 18.4. The predicted molar refractivity (Wildman–Crippen MR) is 128 cm³/mol. The van der Waals surface area contributed by atoms with Crippen LogP contribution in [0.25, 0.3) is 50.4 Å². The fraction of sp³-hybridized carbons (Fsp3) is 0.125. The molecule has 33 heavy (non-hydrogen) atoms. The number of anilines is 1. The van der Waals surface area contributed by atoms with Crippen LogP contribution in [0.3, 0.4) is 0 Å². The van der Waals surface area contributed by atoms with E-state index in [0.717, 1.165) is 56.0 Å². The van der Waals surface area contributed by atoms with E-state index in [1.54, 1.807) is 12.5 Å². The van der Waals surface area contributed by atoms with Gasteiger partial charge >= 0.3 is 0 Å². The minimum Gasteiger partial charge on any atom is -0.376 e. The van der Waals surface area contributed by atoms with Gasteiger partial charge in [-0.1, -0.05) is 6.07 Å². The van der Waals surface area contributed by atoms with Gasteiger partial charge in [-0.25, -0.2) is 15.0 Å². The molecule has 1 aromatic carbocycles. The van der Waals surface area contributed by atoms with Gasteiger partial charge in [-0.15, -0.1) is 0 Å². The second-order valence-electron chi connectivity index (χ2n) is 8.20. The van der Waals surface area contributed by atoms with Crippen LogP contribution in [0.2, 0.25) is 0 Å². The summed E-state index contributed by atoms with van der Waals surface area (Å²) in [5, 5.41) is 8.67. The molecule has 6 aromatic rings.